The summed E-state index contributed by atoms with van der Waals surface area (Å²) in [6.45, 7) is -0.752. The lowest BCUT2D eigenvalue weighted by Crippen LogP contribution is -2.21. The molecule has 0 radical (unpaired) electrons. The van der Waals surface area contributed by atoms with E-state index >= 15 is 0 Å². The number of halogens is 2. The fraction of sp³-hybridized carbons (Fsp3) is 0.125. The zero-order valence-corrected chi connectivity index (χ0v) is 14.1. The Morgan fingerprint density at radius 2 is 1.92 bits per heavy atom. The topological polar surface area (TPSA) is 98.5 Å². The Kier molecular flexibility index (Phi) is 6.23. The van der Waals surface area contributed by atoms with Crippen LogP contribution in [0.15, 0.2) is 41.3 Å². The molecule has 10 heteroatoms. The van der Waals surface area contributed by atoms with Gasteiger partial charge in [0, 0.05) is 22.7 Å². The summed E-state index contributed by atoms with van der Waals surface area (Å²) in [6, 6.07) is 6.67. The van der Waals surface area contributed by atoms with Crippen LogP contribution in [0.4, 0.5) is 20.2 Å². The van der Waals surface area contributed by atoms with Crippen LogP contribution in [0.1, 0.15) is 10.4 Å². The van der Waals surface area contributed by atoms with Gasteiger partial charge in [-0.2, -0.15) is 0 Å². The number of nitrogens with zero attached hydrogens (tertiary/aromatic N) is 1. The molecule has 0 aliphatic rings. The van der Waals surface area contributed by atoms with Crippen molar-refractivity contribution < 1.29 is 28.0 Å². The highest BCUT2D eigenvalue weighted by Gasteiger charge is 2.22. The minimum Gasteiger partial charge on any atom is -0.452 e. The molecule has 0 aliphatic carbocycles. The average Bonchev–Trinajstić information content (AvgIpc) is 2.62. The lowest BCUT2D eigenvalue weighted by Gasteiger charge is -2.08. The summed E-state index contributed by atoms with van der Waals surface area (Å²) in [7, 11) is 0. The first kappa shape index (κ1) is 19.3. The van der Waals surface area contributed by atoms with Gasteiger partial charge < -0.3 is 10.1 Å². The van der Waals surface area contributed by atoms with E-state index in [1.165, 1.54) is 30.0 Å². The normalized spacial score (nSPS) is 10.3. The van der Waals surface area contributed by atoms with E-state index < -0.39 is 40.7 Å². The number of nitro groups is 1. The van der Waals surface area contributed by atoms with Crippen LogP contribution in [0.3, 0.4) is 0 Å². The quantitative estimate of drug-likeness (QED) is 0.356. The highest BCUT2D eigenvalue weighted by Crippen LogP contribution is 2.25. The number of carbonyl (C=O) groups is 2. The van der Waals surface area contributed by atoms with Crippen LogP contribution in [0.25, 0.3) is 0 Å². The number of nitro benzene ring substituents is 1. The monoisotopic (exact) mass is 382 g/mol. The molecule has 0 heterocycles. The predicted octanol–water partition coefficient (Wildman–Crippen LogP) is 3.39. The van der Waals surface area contributed by atoms with Gasteiger partial charge in [-0.25, -0.2) is 13.6 Å². The van der Waals surface area contributed by atoms with Crippen LogP contribution in [0.2, 0.25) is 0 Å². The lowest BCUT2D eigenvalue weighted by atomic mass is 10.2. The summed E-state index contributed by atoms with van der Waals surface area (Å²) < 4.78 is 30.7. The number of esters is 1. The van der Waals surface area contributed by atoms with E-state index in [1.54, 1.807) is 6.26 Å². The molecule has 7 nitrogen and oxygen atoms in total. The molecule has 0 atom stereocenters. The molecule has 0 aromatic heterocycles. The van der Waals surface area contributed by atoms with E-state index in [4.69, 9.17) is 4.74 Å². The molecule has 1 N–H and O–H groups in total. The number of amides is 1. The van der Waals surface area contributed by atoms with E-state index in [9.17, 15) is 28.5 Å². The third-order valence-corrected chi connectivity index (χ3v) is 3.88. The van der Waals surface area contributed by atoms with Crippen LogP contribution in [-0.4, -0.2) is 29.7 Å². The number of rotatable bonds is 6. The number of nitrogens with one attached hydrogen (secondary N) is 1. The summed E-state index contributed by atoms with van der Waals surface area (Å²) in [5, 5.41) is 13.2. The Morgan fingerprint density at radius 1 is 1.19 bits per heavy atom. The Balaban J connectivity index is 2.04. The second kappa shape index (κ2) is 8.39. The van der Waals surface area contributed by atoms with Gasteiger partial charge in [0.1, 0.15) is 5.56 Å². The molecule has 136 valence electrons. The summed E-state index contributed by atoms with van der Waals surface area (Å²) in [6.07, 6.45) is 1.73. The first-order chi connectivity index (χ1) is 12.3. The summed E-state index contributed by atoms with van der Waals surface area (Å²) in [4.78, 5) is 34.7. The largest absolute Gasteiger partial charge is 0.452 e. The van der Waals surface area contributed by atoms with Crippen molar-refractivity contribution in [3.05, 3.63) is 63.7 Å². The van der Waals surface area contributed by atoms with Gasteiger partial charge in [-0.05, 0) is 30.5 Å². The Bertz CT molecular complexity index is 876. The van der Waals surface area contributed by atoms with Crippen molar-refractivity contribution in [2.75, 3.05) is 18.2 Å². The minimum atomic E-state index is -1.15. The molecule has 0 aliphatic heterocycles. The molecule has 1 amide bonds. The summed E-state index contributed by atoms with van der Waals surface area (Å²) >= 11 is 1.27. The Hall–Kier alpha value is -3.01. The number of hydrogen-bond acceptors (Lipinski definition) is 6. The second-order valence-corrected chi connectivity index (χ2v) is 5.77. The number of thioether (sulfide) groups is 1. The van der Waals surface area contributed by atoms with Crippen molar-refractivity contribution in [2.24, 2.45) is 0 Å². The number of ether oxygens (including phenoxy) is 1. The molecule has 2 rings (SSSR count). The molecule has 2 aromatic carbocycles. The van der Waals surface area contributed by atoms with Gasteiger partial charge >= 0.3 is 5.97 Å². The van der Waals surface area contributed by atoms with Gasteiger partial charge in [-0.15, -0.1) is 11.8 Å². The SMILES string of the molecule is CSc1ccc([N+](=O)[O-])c(C(=O)OCC(=O)Nc2ccc(F)c(F)c2)c1. The van der Waals surface area contributed by atoms with Crippen LogP contribution in [0, 0.1) is 21.7 Å². The summed E-state index contributed by atoms with van der Waals surface area (Å²) in [5.74, 6) is -4.08. The maximum absolute atomic E-state index is 13.1. The number of benzene rings is 2. The molecule has 0 unspecified atom stereocenters. The number of carbonyl (C=O) groups excluding carboxylic acids is 2. The van der Waals surface area contributed by atoms with Crippen molar-refractivity contribution in [2.45, 2.75) is 4.90 Å². The van der Waals surface area contributed by atoms with Crippen molar-refractivity contribution >= 4 is 35.0 Å². The van der Waals surface area contributed by atoms with Crippen molar-refractivity contribution in [3.8, 4) is 0 Å². The molecule has 0 saturated carbocycles. The maximum atomic E-state index is 13.1. The smallest absolute Gasteiger partial charge is 0.345 e. The lowest BCUT2D eigenvalue weighted by molar-refractivity contribution is -0.385. The van der Waals surface area contributed by atoms with E-state index in [0.717, 1.165) is 18.2 Å². The Morgan fingerprint density at radius 3 is 2.54 bits per heavy atom. The van der Waals surface area contributed by atoms with Crippen molar-refractivity contribution in [1.82, 2.24) is 0 Å². The molecule has 26 heavy (non-hydrogen) atoms. The first-order valence-electron chi connectivity index (χ1n) is 7.06. The fourth-order valence-corrected chi connectivity index (χ4v) is 2.38. The van der Waals surface area contributed by atoms with Crippen LogP contribution in [0.5, 0.6) is 0 Å². The molecule has 0 bridgehead atoms. The van der Waals surface area contributed by atoms with Crippen LogP contribution < -0.4 is 5.32 Å². The third kappa shape index (κ3) is 4.76. The predicted molar refractivity (Wildman–Crippen MR) is 90.1 cm³/mol. The fourth-order valence-electron chi connectivity index (χ4n) is 1.94. The van der Waals surface area contributed by atoms with Gasteiger partial charge in [0.2, 0.25) is 0 Å². The highest BCUT2D eigenvalue weighted by atomic mass is 32.2. The molecule has 0 spiro atoms. The average molecular weight is 382 g/mol. The molecule has 2 aromatic rings. The van der Waals surface area contributed by atoms with E-state index in [-0.39, 0.29) is 11.3 Å². The van der Waals surface area contributed by atoms with E-state index in [0.29, 0.717) is 4.90 Å². The molecule has 0 saturated heterocycles. The third-order valence-electron chi connectivity index (χ3n) is 3.16. The van der Waals surface area contributed by atoms with Gasteiger partial charge in [-0.3, -0.25) is 14.9 Å². The second-order valence-electron chi connectivity index (χ2n) is 4.89. The van der Waals surface area contributed by atoms with Crippen molar-refractivity contribution in [1.29, 1.82) is 0 Å². The van der Waals surface area contributed by atoms with E-state index in [1.807, 2.05) is 0 Å². The van der Waals surface area contributed by atoms with Gasteiger partial charge in [0.05, 0.1) is 4.92 Å². The molecular weight excluding hydrogens is 370 g/mol. The summed E-state index contributed by atoms with van der Waals surface area (Å²) in [5.41, 5.74) is -0.767. The first-order valence-corrected chi connectivity index (χ1v) is 8.28. The van der Waals surface area contributed by atoms with Crippen molar-refractivity contribution in [3.63, 3.8) is 0 Å². The molecular formula is C16H12F2N2O5S. The minimum absolute atomic E-state index is 0.0275. The zero-order chi connectivity index (χ0) is 19.3. The number of anilines is 1. The maximum Gasteiger partial charge on any atom is 0.345 e. The zero-order valence-electron chi connectivity index (χ0n) is 13.3. The number of hydrogen-bond donors (Lipinski definition) is 1. The standard InChI is InChI=1S/C16H12F2N2O5S/c1-26-10-3-5-14(20(23)24)11(7-10)16(22)25-8-15(21)19-9-2-4-12(17)13(18)6-9/h2-7H,8H2,1H3,(H,19,21). The van der Waals surface area contributed by atoms with Gasteiger partial charge in [-0.1, -0.05) is 0 Å². The van der Waals surface area contributed by atoms with E-state index in [2.05, 4.69) is 5.32 Å². The van der Waals surface area contributed by atoms with Gasteiger partial charge in [0.25, 0.3) is 11.6 Å². The molecule has 0 fully saturated rings. The van der Waals surface area contributed by atoms with Crippen LogP contribution in [-0.2, 0) is 9.53 Å². The van der Waals surface area contributed by atoms with Crippen LogP contribution >= 0.6 is 11.8 Å². The Labute approximate surface area is 150 Å². The highest BCUT2D eigenvalue weighted by molar-refractivity contribution is 7.98. The van der Waals surface area contributed by atoms with Gasteiger partial charge in [0.15, 0.2) is 18.2 Å².